The van der Waals surface area contributed by atoms with Crippen LogP contribution < -0.4 is 0 Å². The van der Waals surface area contributed by atoms with Gasteiger partial charge in [-0.1, -0.05) is 23.4 Å². The van der Waals surface area contributed by atoms with Gasteiger partial charge in [-0.05, 0) is 31.4 Å². The minimum Gasteiger partial charge on any atom is -0.237 e. The summed E-state index contributed by atoms with van der Waals surface area (Å²) in [6.45, 7) is 3.78. The van der Waals surface area contributed by atoms with E-state index < -0.39 is 0 Å². The van der Waals surface area contributed by atoms with E-state index in [0.717, 1.165) is 21.7 Å². The highest BCUT2D eigenvalue weighted by Gasteiger charge is 2.05. The molecule has 0 saturated carbocycles. The van der Waals surface area contributed by atoms with Crippen molar-refractivity contribution in [2.45, 2.75) is 23.9 Å². The number of rotatable bonds is 3. The number of thioether (sulfide) groups is 1. The van der Waals surface area contributed by atoms with Gasteiger partial charge < -0.3 is 0 Å². The van der Waals surface area contributed by atoms with Crippen LogP contribution in [0.1, 0.15) is 17.3 Å². The molecular weight excluding hydrogens is 264 g/mol. The third-order valence-corrected chi connectivity index (χ3v) is 3.82. The van der Waals surface area contributed by atoms with Gasteiger partial charge in [0.25, 0.3) is 0 Å². The molecule has 0 atom stereocenters. The highest BCUT2D eigenvalue weighted by molar-refractivity contribution is 8.00. The smallest absolute Gasteiger partial charge is 0.170 e. The van der Waals surface area contributed by atoms with E-state index in [9.17, 15) is 0 Å². The lowest BCUT2D eigenvalue weighted by molar-refractivity contribution is 0.994. The molecule has 2 heterocycles. The largest absolute Gasteiger partial charge is 0.237 e. The molecule has 0 spiro atoms. The lowest BCUT2D eigenvalue weighted by Gasteiger charge is -1.99. The van der Waals surface area contributed by atoms with Gasteiger partial charge in [0.1, 0.15) is 16.8 Å². The standard InChI is InChI=1S/C9H9ClN4S2/c1-5-3-7(10)13-8(11-5)4-15-9-12-6(2)14-16-9/h3H,4H2,1-2H3. The van der Waals surface area contributed by atoms with Gasteiger partial charge in [-0.15, -0.1) is 0 Å². The van der Waals surface area contributed by atoms with Crippen molar-refractivity contribution in [2.75, 3.05) is 0 Å². The molecule has 4 nitrogen and oxygen atoms in total. The van der Waals surface area contributed by atoms with E-state index in [0.29, 0.717) is 10.9 Å². The van der Waals surface area contributed by atoms with Gasteiger partial charge in [-0.25, -0.2) is 15.0 Å². The SMILES string of the molecule is Cc1cc(Cl)nc(CSc2nc(C)ns2)n1. The van der Waals surface area contributed by atoms with Crippen molar-refractivity contribution < 1.29 is 0 Å². The molecule has 2 rings (SSSR count). The molecule has 0 aliphatic heterocycles. The van der Waals surface area contributed by atoms with E-state index >= 15 is 0 Å². The van der Waals surface area contributed by atoms with E-state index in [1.165, 1.54) is 11.5 Å². The first kappa shape index (κ1) is 11.8. The van der Waals surface area contributed by atoms with E-state index in [4.69, 9.17) is 11.6 Å². The summed E-state index contributed by atoms with van der Waals surface area (Å²) >= 11 is 8.81. The van der Waals surface area contributed by atoms with Crippen molar-refractivity contribution in [3.63, 3.8) is 0 Å². The molecular formula is C9H9ClN4S2. The van der Waals surface area contributed by atoms with Crippen molar-refractivity contribution in [1.82, 2.24) is 19.3 Å². The summed E-state index contributed by atoms with van der Waals surface area (Å²) in [7, 11) is 0. The maximum atomic E-state index is 5.85. The zero-order valence-electron chi connectivity index (χ0n) is 8.77. The second kappa shape index (κ2) is 5.07. The highest BCUT2D eigenvalue weighted by atomic mass is 35.5. The zero-order chi connectivity index (χ0) is 11.5. The molecule has 7 heteroatoms. The Morgan fingerprint density at radius 2 is 2.12 bits per heavy atom. The summed E-state index contributed by atoms with van der Waals surface area (Å²) in [6, 6.07) is 1.74. The van der Waals surface area contributed by atoms with Crippen LogP contribution in [-0.2, 0) is 5.75 Å². The van der Waals surface area contributed by atoms with Crippen molar-refractivity contribution in [3.05, 3.63) is 28.6 Å². The second-order valence-electron chi connectivity index (χ2n) is 3.14. The lowest BCUT2D eigenvalue weighted by Crippen LogP contribution is -1.95. The number of nitrogens with zero attached hydrogens (tertiary/aromatic N) is 4. The normalized spacial score (nSPS) is 10.7. The molecule has 0 amide bonds. The van der Waals surface area contributed by atoms with Crippen LogP contribution in [0.25, 0.3) is 0 Å². The van der Waals surface area contributed by atoms with Gasteiger partial charge >= 0.3 is 0 Å². The Bertz CT molecular complexity index is 480. The Morgan fingerprint density at radius 1 is 1.31 bits per heavy atom. The van der Waals surface area contributed by atoms with Crippen LogP contribution in [0.2, 0.25) is 5.15 Å². The Balaban J connectivity index is 2.04. The molecule has 16 heavy (non-hydrogen) atoms. The predicted molar refractivity (Wildman–Crippen MR) is 66.0 cm³/mol. The maximum absolute atomic E-state index is 5.85. The molecule has 0 aliphatic carbocycles. The molecule has 0 radical (unpaired) electrons. The van der Waals surface area contributed by atoms with Gasteiger partial charge in [0.2, 0.25) is 0 Å². The van der Waals surface area contributed by atoms with Crippen LogP contribution in [0.5, 0.6) is 0 Å². The summed E-state index contributed by atoms with van der Waals surface area (Å²) in [5.74, 6) is 2.19. The van der Waals surface area contributed by atoms with Crippen LogP contribution in [0, 0.1) is 13.8 Å². The van der Waals surface area contributed by atoms with Crippen molar-refractivity contribution >= 4 is 34.9 Å². The first-order chi connectivity index (χ1) is 7.63. The van der Waals surface area contributed by atoms with Crippen LogP contribution in [-0.4, -0.2) is 19.3 Å². The fourth-order valence-electron chi connectivity index (χ4n) is 1.12. The fourth-order valence-corrected chi connectivity index (χ4v) is 2.87. The first-order valence-electron chi connectivity index (χ1n) is 4.56. The van der Waals surface area contributed by atoms with Crippen LogP contribution in [0.15, 0.2) is 10.4 Å². The van der Waals surface area contributed by atoms with Crippen LogP contribution in [0.3, 0.4) is 0 Å². The first-order valence-corrected chi connectivity index (χ1v) is 6.70. The summed E-state index contributed by atoms with van der Waals surface area (Å²) < 4.78 is 5.04. The molecule has 0 aromatic carbocycles. The van der Waals surface area contributed by atoms with Crippen LogP contribution in [0.4, 0.5) is 0 Å². The molecule has 0 bridgehead atoms. The quantitative estimate of drug-likeness (QED) is 0.635. The van der Waals surface area contributed by atoms with Gasteiger partial charge in [0.15, 0.2) is 4.34 Å². The molecule has 0 fully saturated rings. The summed E-state index contributed by atoms with van der Waals surface area (Å²) in [5.41, 5.74) is 0.879. The van der Waals surface area contributed by atoms with Gasteiger partial charge in [0, 0.05) is 5.69 Å². The Labute approximate surface area is 107 Å². The number of aromatic nitrogens is 4. The number of hydrogen-bond donors (Lipinski definition) is 0. The Hall–Kier alpha value is -0.720. The molecule has 0 unspecified atom stereocenters. The number of halogens is 1. The molecule has 0 saturated heterocycles. The van der Waals surface area contributed by atoms with Gasteiger partial charge in [-0.3, -0.25) is 0 Å². The monoisotopic (exact) mass is 272 g/mol. The minimum atomic E-state index is 0.483. The van der Waals surface area contributed by atoms with E-state index in [1.54, 1.807) is 17.8 Å². The summed E-state index contributed by atoms with van der Waals surface area (Å²) in [6.07, 6.45) is 0. The van der Waals surface area contributed by atoms with Gasteiger partial charge in [0.05, 0.1) is 5.75 Å². The van der Waals surface area contributed by atoms with E-state index in [-0.39, 0.29) is 0 Å². The van der Waals surface area contributed by atoms with Crippen molar-refractivity contribution in [1.29, 1.82) is 0 Å². The average Bonchev–Trinajstić information content (AvgIpc) is 2.60. The highest BCUT2D eigenvalue weighted by Crippen LogP contribution is 2.23. The number of hydrogen-bond acceptors (Lipinski definition) is 6. The Kier molecular flexibility index (Phi) is 3.73. The topological polar surface area (TPSA) is 51.6 Å². The average molecular weight is 273 g/mol. The summed E-state index contributed by atoms with van der Waals surface area (Å²) in [5, 5.41) is 0.483. The summed E-state index contributed by atoms with van der Waals surface area (Å²) in [4.78, 5) is 12.7. The lowest BCUT2D eigenvalue weighted by atomic mass is 10.4. The van der Waals surface area contributed by atoms with Crippen molar-refractivity contribution in [3.8, 4) is 0 Å². The predicted octanol–water partition coefficient (Wildman–Crippen LogP) is 2.89. The molecule has 0 N–H and O–H groups in total. The molecule has 2 aromatic rings. The third-order valence-electron chi connectivity index (χ3n) is 1.70. The zero-order valence-corrected chi connectivity index (χ0v) is 11.2. The fraction of sp³-hybridized carbons (Fsp3) is 0.333. The Morgan fingerprint density at radius 3 is 2.75 bits per heavy atom. The molecule has 2 aromatic heterocycles. The third kappa shape index (κ3) is 3.13. The van der Waals surface area contributed by atoms with E-state index in [1.807, 2.05) is 13.8 Å². The second-order valence-corrected chi connectivity index (χ2v) is 5.51. The minimum absolute atomic E-state index is 0.483. The van der Waals surface area contributed by atoms with Crippen molar-refractivity contribution in [2.24, 2.45) is 0 Å². The van der Waals surface area contributed by atoms with Crippen LogP contribution >= 0.6 is 34.9 Å². The van der Waals surface area contributed by atoms with E-state index in [2.05, 4.69) is 19.3 Å². The van der Waals surface area contributed by atoms with Gasteiger partial charge in [-0.2, -0.15) is 4.37 Å². The maximum Gasteiger partial charge on any atom is 0.170 e. The molecule has 0 aliphatic rings. The number of aryl methyl sites for hydroxylation is 2. The molecule has 84 valence electrons.